The van der Waals surface area contributed by atoms with Crippen molar-refractivity contribution in [3.05, 3.63) is 39.4 Å². The summed E-state index contributed by atoms with van der Waals surface area (Å²) >= 11 is 7.37. The maximum atomic E-state index is 5.88. The Bertz CT molecular complexity index is 473. The molecule has 2 heterocycles. The van der Waals surface area contributed by atoms with Crippen molar-refractivity contribution in [2.45, 2.75) is 6.04 Å². The van der Waals surface area contributed by atoms with Crippen LogP contribution < -0.4 is 17.0 Å². The summed E-state index contributed by atoms with van der Waals surface area (Å²) in [5.74, 6) is 5.92. The van der Waals surface area contributed by atoms with Crippen LogP contribution >= 0.6 is 22.9 Å². The number of nitrogens with two attached hydrogens (primary N) is 2. The molecule has 1 unspecified atom stereocenters. The number of hydrogen-bond donors (Lipinski definition) is 3. The van der Waals surface area contributed by atoms with E-state index < -0.39 is 0 Å². The molecule has 0 saturated carbocycles. The minimum atomic E-state index is -0.237. The SMILES string of the molecule is NNC(c1cncs1)c1cc(Cl)cnc1N. The molecule has 0 aromatic carbocycles. The molecule has 2 rings (SSSR count). The normalized spacial score (nSPS) is 12.6. The molecule has 84 valence electrons. The van der Waals surface area contributed by atoms with Crippen LogP contribution in [0.2, 0.25) is 5.02 Å². The summed E-state index contributed by atoms with van der Waals surface area (Å²) in [4.78, 5) is 8.95. The lowest BCUT2D eigenvalue weighted by molar-refractivity contribution is 0.645. The molecule has 7 heteroatoms. The van der Waals surface area contributed by atoms with Gasteiger partial charge in [-0.3, -0.25) is 10.8 Å². The van der Waals surface area contributed by atoms with Gasteiger partial charge in [0.25, 0.3) is 0 Å². The maximum absolute atomic E-state index is 5.88. The van der Waals surface area contributed by atoms with Gasteiger partial charge >= 0.3 is 0 Å². The van der Waals surface area contributed by atoms with Crippen LogP contribution in [0.4, 0.5) is 5.82 Å². The molecule has 0 aliphatic heterocycles. The molecule has 5 nitrogen and oxygen atoms in total. The van der Waals surface area contributed by atoms with Gasteiger partial charge < -0.3 is 5.73 Å². The molecule has 0 bridgehead atoms. The largest absolute Gasteiger partial charge is 0.383 e. The van der Waals surface area contributed by atoms with Crippen molar-refractivity contribution in [1.29, 1.82) is 0 Å². The molecule has 0 saturated heterocycles. The van der Waals surface area contributed by atoms with Gasteiger partial charge in [0.1, 0.15) is 5.82 Å². The number of aromatic nitrogens is 2. The number of pyridine rings is 1. The highest BCUT2D eigenvalue weighted by molar-refractivity contribution is 7.09. The summed E-state index contributed by atoms with van der Waals surface area (Å²) in [5, 5.41) is 0.522. The van der Waals surface area contributed by atoms with Crippen LogP contribution in [-0.4, -0.2) is 9.97 Å². The summed E-state index contributed by atoms with van der Waals surface area (Å²) in [5.41, 5.74) is 11.0. The highest BCUT2D eigenvalue weighted by Crippen LogP contribution is 2.28. The number of hydrogen-bond acceptors (Lipinski definition) is 6. The van der Waals surface area contributed by atoms with E-state index in [4.69, 9.17) is 23.2 Å². The Morgan fingerprint density at radius 3 is 2.88 bits per heavy atom. The van der Waals surface area contributed by atoms with Gasteiger partial charge in [-0.1, -0.05) is 11.6 Å². The van der Waals surface area contributed by atoms with Crippen molar-refractivity contribution in [3.8, 4) is 0 Å². The Kier molecular flexibility index (Phi) is 3.35. The van der Waals surface area contributed by atoms with Gasteiger partial charge in [-0.05, 0) is 6.07 Å². The molecule has 0 aliphatic rings. The molecular weight excluding hydrogens is 246 g/mol. The van der Waals surface area contributed by atoms with Crippen molar-refractivity contribution < 1.29 is 0 Å². The minimum absolute atomic E-state index is 0.237. The van der Waals surface area contributed by atoms with Crippen LogP contribution in [0.3, 0.4) is 0 Å². The second kappa shape index (κ2) is 4.75. The zero-order valence-electron chi connectivity index (χ0n) is 8.22. The second-order valence-electron chi connectivity index (χ2n) is 3.13. The summed E-state index contributed by atoms with van der Waals surface area (Å²) in [6.07, 6.45) is 3.23. The number of nitrogens with one attached hydrogen (secondary N) is 1. The minimum Gasteiger partial charge on any atom is -0.383 e. The van der Waals surface area contributed by atoms with E-state index in [2.05, 4.69) is 15.4 Å². The van der Waals surface area contributed by atoms with Crippen LogP contribution in [0.5, 0.6) is 0 Å². The smallest absolute Gasteiger partial charge is 0.128 e. The zero-order chi connectivity index (χ0) is 11.5. The molecular formula is C9H10ClN5S. The topological polar surface area (TPSA) is 89.8 Å². The number of nitrogen functional groups attached to an aromatic ring is 1. The maximum Gasteiger partial charge on any atom is 0.128 e. The summed E-state index contributed by atoms with van der Waals surface area (Å²) in [6, 6.07) is 1.51. The first-order chi connectivity index (χ1) is 7.72. The number of anilines is 1. The molecule has 5 N–H and O–H groups in total. The number of thiazole rings is 1. The third kappa shape index (κ3) is 2.14. The van der Waals surface area contributed by atoms with Crippen molar-refractivity contribution in [3.63, 3.8) is 0 Å². The highest BCUT2D eigenvalue weighted by Gasteiger charge is 2.17. The standard InChI is InChI=1S/C9H10ClN5S/c10-5-1-6(9(11)14-2-5)8(15-12)7-3-13-4-16-7/h1-4,8,15H,12H2,(H2,11,14). The first-order valence-electron chi connectivity index (χ1n) is 4.48. The predicted molar refractivity (Wildman–Crippen MR) is 64.9 cm³/mol. The third-order valence-electron chi connectivity index (χ3n) is 2.13. The van der Waals surface area contributed by atoms with E-state index in [0.29, 0.717) is 10.8 Å². The Hall–Kier alpha value is -1.21. The first-order valence-corrected chi connectivity index (χ1v) is 5.73. The van der Waals surface area contributed by atoms with Crippen LogP contribution in [0.15, 0.2) is 24.0 Å². The van der Waals surface area contributed by atoms with Gasteiger partial charge in [-0.25, -0.2) is 10.4 Å². The van der Waals surface area contributed by atoms with Crippen molar-refractivity contribution in [2.75, 3.05) is 5.73 Å². The Morgan fingerprint density at radius 1 is 1.44 bits per heavy atom. The van der Waals surface area contributed by atoms with E-state index in [1.807, 2.05) is 0 Å². The van der Waals surface area contributed by atoms with Gasteiger partial charge in [0.15, 0.2) is 0 Å². The van der Waals surface area contributed by atoms with Gasteiger partial charge in [0.05, 0.1) is 16.6 Å². The molecule has 1 atom stereocenters. The third-order valence-corrected chi connectivity index (χ3v) is 3.18. The van der Waals surface area contributed by atoms with Crippen molar-refractivity contribution in [2.24, 2.45) is 5.84 Å². The molecule has 0 radical (unpaired) electrons. The predicted octanol–water partition coefficient (Wildman–Crippen LogP) is 1.33. The van der Waals surface area contributed by atoms with Crippen LogP contribution in [0, 0.1) is 0 Å². The highest BCUT2D eigenvalue weighted by atomic mass is 35.5. The molecule has 0 amide bonds. The van der Waals surface area contributed by atoms with Crippen LogP contribution in [0.25, 0.3) is 0 Å². The Morgan fingerprint density at radius 2 is 2.25 bits per heavy atom. The van der Waals surface area contributed by atoms with E-state index in [1.165, 1.54) is 17.5 Å². The molecule has 0 aliphatic carbocycles. The van der Waals surface area contributed by atoms with Crippen LogP contribution in [-0.2, 0) is 0 Å². The van der Waals surface area contributed by atoms with E-state index in [-0.39, 0.29) is 6.04 Å². The number of hydrazine groups is 1. The van der Waals surface area contributed by atoms with E-state index in [1.54, 1.807) is 17.8 Å². The summed E-state index contributed by atoms with van der Waals surface area (Å²) in [7, 11) is 0. The van der Waals surface area contributed by atoms with Gasteiger partial charge in [0, 0.05) is 22.8 Å². The lowest BCUT2D eigenvalue weighted by Crippen LogP contribution is -2.29. The zero-order valence-corrected chi connectivity index (χ0v) is 9.79. The second-order valence-corrected chi connectivity index (χ2v) is 4.49. The summed E-state index contributed by atoms with van der Waals surface area (Å²) < 4.78 is 0. The lowest BCUT2D eigenvalue weighted by Gasteiger charge is -2.15. The molecule has 0 spiro atoms. The molecule has 2 aromatic heterocycles. The molecule has 16 heavy (non-hydrogen) atoms. The fourth-order valence-corrected chi connectivity index (χ4v) is 2.25. The fraction of sp³-hybridized carbons (Fsp3) is 0.111. The Balaban J connectivity index is 2.44. The number of halogens is 1. The summed E-state index contributed by atoms with van der Waals surface area (Å²) in [6.45, 7) is 0. The molecule has 2 aromatic rings. The van der Waals surface area contributed by atoms with Gasteiger partial charge in [0.2, 0.25) is 0 Å². The number of nitrogens with zero attached hydrogens (tertiary/aromatic N) is 2. The quantitative estimate of drug-likeness (QED) is 0.569. The van der Waals surface area contributed by atoms with E-state index in [0.717, 1.165) is 10.4 Å². The van der Waals surface area contributed by atoms with Crippen molar-refractivity contribution >= 4 is 28.8 Å². The van der Waals surface area contributed by atoms with Crippen LogP contribution in [0.1, 0.15) is 16.5 Å². The number of rotatable bonds is 3. The average molecular weight is 256 g/mol. The average Bonchev–Trinajstić information content (AvgIpc) is 2.78. The van der Waals surface area contributed by atoms with Gasteiger partial charge in [-0.2, -0.15) is 0 Å². The first kappa shape index (κ1) is 11.3. The monoisotopic (exact) mass is 255 g/mol. The van der Waals surface area contributed by atoms with E-state index in [9.17, 15) is 0 Å². The van der Waals surface area contributed by atoms with Crippen molar-refractivity contribution in [1.82, 2.24) is 15.4 Å². The lowest BCUT2D eigenvalue weighted by atomic mass is 10.1. The fourth-order valence-electron chi connectivity index (χ4n) is 1.39. The molecule has 0 fully saturated rings. The Labute approximate surface area is 101 Å². The van der Waals surface area contributed by atoms with Gasteiger partial charge in [-0.15, -0.1) is 11.3 Å². The van der Waals surface area contributed by atoms with E-state index >= 15 is 0 Å².